The molecule has 2 aromatic carbocycles. The molecule has 3 rings (SSSR count). The predicted octanol–water partition coefficient (Wildman–Crippen LogP) is 4.47. The van der Waals surface area contributed by atoms with Crippen LogP contribution < -0.4 is 5.43 Å². The monoisotopic (exact) mass is 372 g/mol. The summed E-state index contributed by atoms with van der Waals surface area (Å²) in [7, 11) is 0. The molecular weight excluding hydrogens is 358 g/mol. The molecule has 0 radical (unpaired) electrons. The van der Waals surface area contributed by atoms with Gasteiger partial charge in [0.1, 0.15) is 17.4 Å². The molecule has 4 nitrogen and oxygen atoms in total. The summed E-state index contributed by atoms with van der Waals surface area (Å²) in [5.41, 5.74) is 2.72. The van der Waals surface area contributed by atoms with Crippen LogP contribution in [0, 0.1) is 18.6 Å². The van der Waals surface area contributed by atoms with Gasteiger partial charge in [-0.3, -0.25) is 4.79 Å². The van der Waals surface area contributed by atoms with Crippen molar-refractivity contribution in [2.24, 2.45) is 5.10 Å². The molecule has 0 atom stereocenters. The van der Waals surface area contributed by atoms with Gasteiger partial charge >= 0.3 is 0 Å². The van der Waals surface area contributed by atoms with E-state index in [1.165, 1.54) is 41.8 Å². The summed E-state index contributed by atoms with van der Waals surface area (Å²) >= 11 is 1.52. The number of aromatic hydroxyl groups is 1. The highest BCUT2D eigenvalue weighted by Gasteiger charge is 2.14. The molecule has 0 spiro atoms. The maximum absolute atomic E-state index is 13.9. The van der Waals surface area contributed by atoms with Crippen LogP contribution in [0.1, 0.15) is 20.1 Å². The molecule has 7 heteroatoms. The Balaban J connectivity index is 1.83. The molecule has 1 amide bonds. The zero-order chi connectivity index (χ0) is 18.7. The van der Waals surface area contributed by atoms with Gasteiger partial charge in [-0.2, -0.15) is 5.10 Å². The van der Waals surface area contributed by atoms with Crippen molar-refractivity contribution in [3.8, 4) is 16.9 Å². The summed E-state index contributed by atoms with van der Waals surface area (Å²) in [5, 5.41) is 13.8. The first-order chi connectivity index (χ1) is 12.4. The number of nitrogens with one attached hydrogen (secondary N) is 1. The van der Waals surface area contributed by atoms with Crippen molar-refractivity contribution >= 4 is 23.5 Å². The Kier molecular flexibility index (Phi) is 5.09. The van der Waals surface area contributed by atoms with E-state index in [0.29, 0.717) is 5.56 Å². The molecule has 0 unspecified atom stereocenters. The van der Waals surface area contributed by atoms with E-state index < -0.39 is 17.5 Å². The standard InChI is InChI=1S/C19H14F2N2O2S/c1-11-2-5-14(26-11)10-22-23-19(25)16-8-12(3-7-18(16)24)15-6-4-13(20)9-17(15)21/h2-10,24H,1H3,(H,23,25). The highest BCUT2D eigenvalue weighted by molar-refractivity contribution is 7.13. The van der Waals surface area contributed by atoms with Gasteiger partial charge in [0.2, 0.25) is 0 Å². The third-order valence-electron chi connectivity index (χ3n) is 3.60. The Labute approximate surface area is 152 Å². The average Bonchev–Trinajstić information content (AvgIpc) is 3.01. The van der Waals surface area contributed by atoms with Crippen molar-refractivity contribution in [3.63, 3.8) is 0 Å². The van der Waals surface area contributed by atoms with Crippen molar-refractivity contribution in [1.82, 2.24) is 5.43 Å². The normalized spacial score (nSPS) is 11.0. The molecule has 26 heavy (non-hydrogen) atoms. The Morgan fingerprint density at radius 3 is 2.65 bits per heavy atom. The van der Waals surface area contributed by atoms with Crippen LogP contribution in [0.25, 0.3) is 11.1 Å². The molecule has 132 valence electrons. The zero-order valence-corrected chi connectivity index (χ0v) is 14.5. The number of aryl methyl sites for hydroxylation is 1. The summed E-state index contributed by atoms with van der Waals surface area (Å²) < 4.78 is 27.0. The zero-order valence-electron chi connectivity index (χ0n) is 13.7. The van der Waals surface area contributed by atoms with Crippen molar-refractivity contribution in [3.05, 3.63) is 75.5 Å². The molecular formula is C19H14F2N2O2S. The van der Waals surface area contributed by atoms with Gasteiger partial charge in [-0.25, -0.2) is 14.2 Å². The maximum Gasteiger partial charge on any atom is 0.275 e. The van der Waals surface area contributed by atoms with E-state index >= 15 is 0 Å². The number of amides is 1. The lowest BCUT2D eigenvalue weighted by molar-refractivity contribution is 0.0952. The molecule has 0 aliphatic rings. The first kappa shape index (κ1) is 17.8. The fraction of sp³-hybridized carbons (Fsp3) is 0.0526. The third kappa shape index (κ3) is 3.94. The molecule has 0 saturated carbocycles. The van der Waals surface area contributed by atoms with Gasteiger partial charge in [-0.15, -0.1) is 11.3 Å². The molecule has 1 aromatic heterocycles. The quantitative estimate of drug-likeness (QED) is 0.524. The third-order valence-corrected chi connectivity index (χ3v) is 4.54. The van der Waals surface area contributed by atoms with Crippen LogP contribution in [0.5, 0.6) is 5.75 Å². The predicted molar refractivity (Wildman–Crippen MR) is 97.6 cm³/mol. The smallest absolute Gasteiger partial charge is 0.275 e. The number of thiophene rings is 1. The lowest BCUT2D eigenvalue weighted by Crippen LogP contribution is -2.17. The molecule has 3 aromatic rings. The van der Waals surface area contributed by atoms with Gasteiger partial charge in [0, 0.05) is 21.4 Å². The van der Waals surface area contributed by atoms with Gasteiger partial charge in [0.15, 0.2) is 0 Å². The van der Waals surface area contributed by atoms with Crippen LogP contribution in [-0.2, 0) is 0 Å². The number of rotatable bonds is 4. The second-order valence-corrected chi connectivity index (χ2v) is 6.82. The van der Waals surface area contributed by atoms with E-state index in [-0.39, 0.29) is 16.9 Å². The SMILES string of the molecule is Cc1ccc(C=NNC(=O)c2cc(-c3ccc(F)cc3F)ccc2O)s1. The van der Waals surface area contributed by atoms with E-state index in [9.17, 15) is 18.7 Å². The number of hydrogen-bond donors (Lipinski definition) is 2. The molecule has 2 N–H and O–H groups in total. The van der Waals surface area contributed by atoms with Crippen molar-refractivity contribution in [2.45, 2.75) is 6.92 Å². The molecule has 0 aliphatic heterocycles. The van der Waals surface area contributed by atoms with E-state index in [0.717, 1.165) is 21.9 Å². The summed E-state index contributed by atoms with van der Waals surface area (Å²) in [6.07, 6.45) is 1.50. The molecule has 0 saturated heterocycles. The maximum atomic E-state index is 13.9. The van der Waals surface area contributed by atoms with Crippen LogP contribution in [0.3, 0.4) is 0 Å². The first-order valence-electron chi connectivity index (χ1n) is 7.62. The van der Waals surface area contributed by atoms with Crippen LogP contribution in [0.2, 0.25) is 0 Å². The lowest BCUT2D eigenvalue weighted by Gasteiger charge is -2.08. The number of hydrogen-bond acceptors (Lipinski definition) is 4. The van der Waals surface area contributed by atoms with Gasteiger partial charge in [0.25, 0.3) is 5.91 Å². The highest BCUT2D eigenvalue weighted by Crippen LogP contribution is 2.28. The number of phenols is 1. The Morgan fingerprint density at radius 2 is 1.96 bits per heavy atom. The first-order valence-corrected chi connectivity index (χ1v) is 8.44. The summed E-state index contributed by atoms with van der Waals surface area (Å²) in [5.74, 6) is -2.36. The minimum Gasteiger partial charge on any atom is -0.507 e. The van der Waals surface area contributed by atoms with E-state index in [1.807, 2.05) is 19.1 Å². The summed E-state index contributed by atoms with van der Waals surface area (Å²) in [6, 6.07) is 11.0. The second-order valence-electron chi connectivity index (χ2n) is 5.50. The highest BCUT2D eigenvalue weighted by atomic mass is 32.1. The number of carbonyl (C=O) groups excluding carboxylic acids is 1. The summed E-state index contributed by atoms with van der Waals surface area (Å²) in [4.78, 5) is 14.2. The van der Waals surface area contributed by atoms with Crippen molar-refractivity contribution in [2.75, 3.05) is 0 Å². The summed E-state index contributed by atoms with van der Waals surface area (Å²) in [6.45, 7) is 1.96. The number of carbonyl (C=O) groups is 1. The average molecular weight is 372 g/mol. The van der Waals surface area contributed by atoms with Crippen LogP contribution in [-0.4, -0.2) is 17.2 Å². The number of halogens is 2. The van der Waals surface area contributed by atoms with Gasteiger partial charge in [0.05, 0.1) is 11.8 Å². The van der Waals surface area contributed by atoms with Crippen LogP contribution >= 0.6 is 11.3 Å². The van der Waals surface area contributed by atoms with Crippen LogP contribution in [0.4, 0.5) is 8.78 Å². The number of hydrazone groups is 1. The molecule has 0 fully saturated rings. The molecule has 1 heterocycles. The van der Waals surface area contributed by atoms with E-state index in [2.05, 4.69) is 10.5 Å². The van der Waals surface area contributed by atoms with E-state index in [1.54, 1.807) is 0 Å². The topological polar surface area (TPSA) is 61.7 Å². The minimum absolute atomic E-state index is 0.0641. The van der Waals surface area contributed by atoms with Crippen LogP contribution in [0.15, 0.2) is 53.6 Å². The van der Waals surface area contributed by atoms with Gasteiger partial charge in [-0.05, 0) is 48.9 Å². The van der Waals surface area contributed by atoms with Crippen molar-refractivity contribution < 1.29 is 18.7 Å². The van der Waals surface area contributed by atoms with Gasteiger partial charge < -0.3 is 5.11 Å². The van der Waals surface area contributed by atoms with E-state index in [4.69, 9.17) is 0 Å². The fourth-order valence-electron chi connectivity index (χ4n) is 2.35. The Bertz CT molecular complexity index is 999. The molecule has 0 aliphatic carbocycles. The number of benzene rings is 2. The Hall–Kier alpha value is -3.06. The Morgan fingerprint density at radius 1 is 1.15 bits per heavy atom. The largest absolute Gasteiger partial charge is 0.507 e. The number of phenolic OH excluding ortho intramolecular Hbond substituents is 1. The number of nitrogens with zero attached hydrogens (tertiary/aromatic N) is 1. The minimum atomic E-state index is -0.756. The van der Waals surface area contributed by atoms with Gasteiger partial charge in [-0.1, -0.05) is 6.07 Å². The molecule has 0 bridgehead atoms. The fourth-order valence-corrected chi connectivity index (χ4v) is 3.10. The lowest BCUT2D eigenvalue weighted by atomic mass is 10.0. The second kappa shape index (κ2) is 7.45. The van der Waals surface area contributed by atoms with Crippen molar-refractivity contribution in [1.29, 1.82) is 0 Å².